The minimum absolute atomic E-state index is 0.0850. The Morgan fingerprint density at radius 2 is 1.79 bits per heavy atom. The van der Waals surface area contributed by atoms with Gasteiger partial charge in [-0.1, -0.05) is 17.7 Å². The lowest BCUT2D eigenvalue weighted by molar-refractivity contribution is 0.0954. The van der Waals surface area contributed by atoms with E-state index in [1.165, 1.54) is 36.7 Å². The molecule has 1 aromatic heterocycles. The quantitative estimate of drug-likeness (QED) is 0.393. The number of rotatable bonds is 6. The summed E-state index contributed by atoms with van der Waals surface area (Å²) in [5, 5.41) is 3.87. The van der Waals surface area contributed by atoms with Crippen molar-refractivity contribution in [2.75, 3.05) is 0 Å². The molecule has 0 fully saturated rings. The van der Waals surface area contributed by atoms with Gasteiger partial charge in [-0.3, -0.25) is 9.78 Å². The minimum atomic E-state index is -3.90. The summed E-state index contributed by atoms with van der Waals surface area (Å²) in [7, 11) is -3.90. The standard InChI is InChI=1S/C20H17N3O4S/c1-15-4-10-19(11-5-15)28(25,26)27-18-8-6-16(7-9-18)13-22-23-20(24)17-3-2-12-21-14-17/h2-14H,1H3,(H,23,24)/b22-13+. The summed E-state index contributed by atoms with van der Waals surface area (Å²) in [5.41, 5.74) is 4.40. The number of amides is 1. The molecule has 0 saturated carbocycles. The second-order valence-electron chi connectivity index (χ2n) is 5.86. The van der Waals surface area contributed by atoms with Gasteiger partial charge in [0.1, 0.15) is 10.6 Å². The molecular weight excluding hydrogens is 378 g/mol. The molecule has 1 amide bonds. The van der Waals surface area contributed by atoms with Crippen LogP contribution in [0.4, 0.5) is 0 Å². The van der Waals surface area contributed by atoms with Crippen molar-refractivity contribution in [3.63, 3.8) is 0 Å². The largest absolute Gasteiger partial charge is 0.379 e. The number of nitrogens with zero attached hydrogens (tertiary/aromatic N) is 2. The second kappa shape index (κ2) is 8.45. The average molecular weight is 395 g/mol. The molecule has 0 aliphatic rings. The van der Waals surface area contributed by atoms with Gasteiger partial charge in [-0.25, -0.2) is 5.43 Å². The maximum Gasteiger partial charge on any atom is 0.339 e. The van der Waals surface area contributed by atoms with Gasteiger partial charge in [0.2, 0.25) is 0 Å². The summed E-state index contributed by atoms with van der Waals surface area (Å²) >= 11 is 0. The first kappa shape index (κ1) is 19.2. The molecule has 0 unspecified atom stereocenters. The number of hydrogen-bond acceptors (Lipinski definition) is 6. The van der Waals surface area contributed by atoms with Crippen LogP contribution >= 0.6 is 0 Å². The van der Waals surface area contributed by atoms with E-state index in [0.717, 1.165) is 5.56 Å². The van der Waals surface area contributed by atoms with Crippen LogP contribution in [0, 0.1) is 6.92 Å². The summed E-state index contributed by atoms with van der Waals surface area (Å²) in [6.45, 7) is 1.87. The summed E-state index contributed by atoms with van der Waals surface area (Å²) in [6, 6.07) is 15.9. The first-order valence-corrected chi connectivity index (χ1v) is 9.69. The lowest BCUT2D eigenvalue weighted by atomic mass is 10.2. The zero-order valence-electron chi connectivity index (χ0n) is 14.9. The SMILES string of the molecule is Cc1ccc(S(=O)(=O)Oc2ccc(/C=N/NC(=O)c3cccnc3)cc2)cc1. The third-order valence-corrected chi connectivity index (χ3v) is 4.96. The molecule has 142 valence electrons. The predicted molar refractivity (Wildman–Crippen MR) is 105 cm³/mol. The highest BCUT2D eigenvalue weighted by Gasteiger charge is 2.16. The van der Waals surface area contributed by atoms with Crippen molar-refractivity contribution in [2.45, 2.75) is 11.8 Å². The van der Waals surface area contributed by atoms with Crippen molar-refractivity contribution in [2.24, 2.45) is 5.10 Å². The van der Waals surface area contributed by atoms with Crippen LogP contribution in [0.2, 0.25) is 0 Å². The Kier molecular flexibility index (Phi) is 5.81. The Balaban J connectivity index is 1.62. The number of hydrazone groups is 1. The number of carbonyl (C=O) groups excluding carboxylic acids is 1. The van der Waals surface area contributed by atoms with E-state index in [1.54, 1.807) is 42.6 Å². The Morgan fingerprint density at radius 3 is 2.43 bits per heavy atom. The molecule has 3 aromatic rings. The van der Waals surface area contributed by atoms with E-state index in [0.29, 0.717) is 11.1 Å². The smallest absolute Gasteiger partial charge is 0.339 e. The maximum atomic E-state index is 12.3. The highest BCUT2D eigenvalue weighted by atomic mass is 32.2. The summed E-state index contributed by atoms with van der Waals surface area (Å²) in [5.74, 6) is -0.203. The summed E-state index contributed by atoms with van der Waals surface area (Å²) < 4.78 is 29.7. The summed E-state index contributed by atoms with van der Waals surface area (Å²) in [4.78, 5) is 15.8. The molecule has 0 saturated heterocycles. The monoisotopic (exact) mass is 395 g/mol. The van der Waals surface area contributed by atoms with E-state index in [9.17, 15) is 13.2 Å². The van der Waals surface area contributed by atoms with Crippen LogP contribution in [-0.4, -0.2) is 25.5 Å². The lowest BCUT2D eigenvalue weighted by Gasteiger charge is -2.07. The molecule has 0 aliphatic heterocycles. The van der Waals surface area contributed by atoms with E-state index in [2.05, 4.69) is 15.5 Å². The zero-order valence-corrected chi connectivity index (χ0v) is 15.8. The van der Waals surface area contributed by atoms with Crippen LogP contribution in [0.5, 0.6) is 5.75 Å². The number of hydrogen-bond donors (Lipinski definition) is 1. The summed E-state index contributed by atoms with van der Waals surface area (Å²) in [6.07, 6.45) is 4.45. The molecular formula is C20H17N3O4S. The zero-order chi connectivity index (χ0) is 20.0. The number of aromatic nitrogens is 1. The van der Waals surface area contributed by atoms with Crippen LogP contribution in [0.1, 0.15) is 21.5 Å². The second-order valence-corrected chi connectivity index (χ2v) is 7.41. The number of nitrogens with one attached hydrogen (secondary N) is 1. The van der Waals surface area contributed by atoms with Crippen molar-refractivity contribution in [3.8, 4) is 5.75 Å². The van der Waals surface area contributed by atoms with Gasteiger partial charge in [0.15, 0.2) is 0 Å². The molecule has 28 heavy (non-hydrogen) atoms. The molecule has 7 nitrogen and oxygen atoms in total. The predicted octanol–water partition coefficient (Wildman–Crippen LogP) is 2.92. The van der Waals surface area contributed by atoms with Gasteiger partial charge < -0.3 is 4.18 Å². The van der Waals surface area contributed by atoms with E-state index < -0.39 is 10.1 Å². The lowest BCUT2D eigenvalue weighted by Crippen LogP contribution is -2.17. The van der Waals surface area contributed by atoms with Crippen molar-refractivity contribution in [1.82, 2.24) is 10.4 Å². The van der Waals surface area contributed by atoms with Crippen molar-refractivity contribution in [3.05, 3.63) is 89.7 Å². The first-order valence-electron chi connectivity index (χ1n) is 8.29. The third kappa shape index (κ3) is 5.01. The van der Waals surface area contributed by atoms with E-state index in [4.69, 9.17) is 4.18 Å². The van der Waals surface area contributed by atoms with Gasteiger partial charge in [-0.05, 0) is 61.0 Å². The van der Waals surface area contributed by atoms with Crippen LogP contribution in [-0.2, 0) is 10.1 Å². The normalized spacial score (nSPS) is 11.3. The highest BCUT2D eigenvalue weighted by molar-refractivity contribution is 7.87. The Hall–Kier alpha value is -3.52. The maximum absolute atomic E-state index is 12.3. The van der Waals surface area contributed by atoms with Crippen LogP contribution in [0.3, 0.4) is 0 Å². The molecule has 8 heteroatoms. The number of pyridine rings is 1. The molecule has 1 N–H and O–H groups in total. The average Bonchev–Trinajstić information content (AvgIpc) is 2.70. The van der Waals surface area contributed by atoms with Gasteiger partial charge >= 0.3 is 10.1 Å². The molecule has 0 bridgehead atoms. The first-order chi connectivity index (χ1) is 13.4. The molecule has 1 heterocycles. The van der Waals surface area contributed by atoms with Gasteiger partial charge in [0.05, 0.1) is 11.8 Å². The van der Waals surface area contributed by atoms with E-state index in [-0.39, 0.29) is 16.6 Å². The molecule has 0 radical (unpaired) electrons. The highest BCUT2D eigenvalue weighted by Crippen LogP contribution is 2.19. The third-order valence-electron chi connectivity index (χ3n) is 3.70. The Bertz CT molecular complexity index is 1080. The number of benzene rings is 2. The fraction of sp³-hybridized carbons (Fsp3) is 0.0500. The molecule has 2 aromatic carbocycles. The van der Waals surface area contributed by atoms with Gasteiger partial charge in [0.25, 0.3) is 5.91 Å². The van der Waals surface area contributed by atoms with Gasteiger partial charge in [-0.2, -0.15) is 13.5 Å². The van der Waals surface area contributed by atoms with Crippen molar-refractivity contribution in [1.29, 1.82) is 0 Å². The van der Waals surface area contributed by atoms with E-state index >= 15 is 0 Å². The van der Waals surface area contributed by atoms with Crippen LogP contribution in [0.25, 0.3) is 0 Å². The van der Waals surface area contributed by atoms with Crippen molar-refractivity contribution >= 4 is 22.2 Å². The molecule has 0 atom stereocenters. The topological polar surface area (TPSA) is 97.7 Å². The van der Waals surface area contributed by atoms with Gasteiger partial charge in [-0.15, -0.1) is 0 Å². The Labute approximate surface area is 162 Å². The van der Waals surface area contributed by atoms with Crippen LogP contribution < -0.4 is 9.61 Å². The van der Waals surface area contributed by atoms with Gasteiger partial charge in [0, 0.05) is 12.4 Å². The Morgan fingerprint density at radius 1 is 1.07 bits per heavy atom. The molecule has 0 aliphatic carbocycles. The fourth-order valence-corrected chi connectivity index (χ4v) is 3.15. The number of carbonyl (C=O) groups is 1. The number of aryl methyl sites for hydroxylation is 1. The minimum Gasteiger partial charge on any atom is -0.379 e. The van der Waals surface area contributed by atoms with E-state index in [1.807, 2.05) is 6.92 Å². The molecule has 0 spiro atoms. The molecule has 3 rings (SSSR count). The fourth-order valence-electron chi connectivity index (χ4n) is 2.22. The van der Waals surface area contributed by atoms with Crippen LogP contribution in [0.15, 0.2) is 83.1 Å². The van der Waals surface area contributed by atoms with Crippen molar-refractivity contribution < 1.29 is 17.4 Å².